The molecule has 0 spiro atoms. The Morgan fingerprint density at radius 2 is 1.78 bits per heavy atom. The lowest BCUT2D eigenvalue weighted by Crippen LogP contribution is -1.99. The van der Waals surface area contributed by atoms with Gasteiger partial charge in [-0.2, -0.15) is 0 Å². The van der Waals surface area contributed by atoms with Crippen LogP contribution >= 0.6 is 0 Å². The fraction of sp³-hybridized carbons (Fsp3) is 0.304. The van der Waals surface area contributed by atoms with Crippen LogP contribution < -0.4 is 0 Å². The van der Waals surface area contributed by atoms with Gasteiger partial charge in [-0.15, -0.1) is 0 Å². The Balaban J connectivity index is 2.67. The molecule has 23 heavy (non-hydrogen) atoms. The van der Waals surface area contributed by atoms with Crippen molar-refractivity contribution in [3.8, 4) is 0 Å². The predicted octanol–water partition coefficient (Wildman–Crippen LogP) is 7.28. The zero-order valence-electron chi connectivity index (χ0n) is 15.1. The summed E-state index contributed by atoms with van der Waals surface area (Å²) in [7, 11) is 0. The quantitative estimate of drug-likeness (QED) is 0.509. The van der Waals surface area contributed by atoms with Crippen LogP contribution in [0.2, 0.25) is 0 Å². The first-order valence-corrected chi connectivity index (χ1v) is 8.52. The number of allylic oxidation sites excluding steroid dienone is 5. The van der Waals surface area contributed by atoms with Gasteiger partial charge in [0.05, 0.1) is 0 Å². The third-order valence-electron chi connectivity index (χ3n) is 4.87. The van der Waals surface area contributed by atoms with Crippen LogP contribution in [0.4, 0.5) is 0 Å². The Morgan fingerprint density at radius 3 is 2.43 bits per heavy atom. The smallest absolute Gasteiger partial charge is 0.00764 e. The third-order valence-corrected chi connectivity index (χ3v) is 4.87. The summed E-state index contributed by atoms with van der Waals surface area (Å²) in [6.07, 6.45) is 5.51. The molecular weight excluding hydrogens is 276 g/mol. The Labute approximate surface area is 141 Å². The van der Waals surface area contributed by atoms with Crippen molar-refractivity contribution >= 4 is 16.3 Å². The zero-order chi connectivity index (χ0) is 17.0. The van der Waals surface area contributed by atoms with Crippen LogP contribution in [-0.4, -0.2) is 0 Å². The number of benzene rings is 2. The van der Waals surface area contributed by atoms with Crippen LogP contribution in [0.1, 0.15) is 58.1 Å². The molecule has 0 saturated heterocycles. The molecule has 0 aromatic heterocycles. The lowest BCUT2D eigenvalue weighted by Gasteiger charge is -2.18. The van der Waals surface area contributed by atoms with E-state index in [1.54, 1.807) is 0 Å². The predicted molar refractivity (Wildman–Crippen MR) is 105 cm³/mol. The maximum atomic E-state index is 4.41. The Morgan fingerprint density at radius 1 is 1.09 bits per heavy atom. The van der Waals surface area contributed by atoms with Crippen molar-refractivity contribution in [1.82, 2.24) is 0 Å². The van der Waals surface area contributed by atoms with Crippen molar-refractivity contribution in [2.75, 3.05) is 0 Å². The maximum Gasteiger partial charge on any atom is -0.00764 e. The third kappa shape index (κ3) is 3.64. The van der Waals surface area contributed by atoms with Crippen LogP contribution in [0.3, 0.4) is 0 Å². The molecule has 1 unspecified atom stereocenters. The van der Waals surface area contributed by atoms with E-state index in [1.165, 1.54) is 33.0 Å². The maximum absolute atomic E-state index is 4.41. The summed E-state index contributed by atoms with van der Waals surface area (Å²) < 4.78 is 0. The van der Waals surface area contributed by atoms with Gasteiger partial charge in [-0.25, -0.2) is 0 Å². The van der Waals surface area contributed by atoms with Gasteiger partial charge in [0, 0.05) is 0 Å². The van der Waals surface area contributed by atoms with E-state index < -0.39 is 0 Å². The van der Waals surface area contributed by atoms with Gasteiger partial charge >= 0.3 is 0 Å². The SMILES string of the molecule is C=C(/C=C(C)\C(C)=C/C)c1c(C(C)CC)ccc2ccccc12. The molecule has 0 aliphatic heterocycles. The van der Waals surface area contributed by atoms with Crippen LogP contribution in [-0.2, 0) is 0 Å². The molecule has 0 nitrogen and oxygen atoms in total. The first kappa shape index (κ1) is 17.3. The molecule has 1 atom stereocenters. The summed E-state index contributed by atoms with van der Waals surface area (Å²) in [5.74, 6) is 0.530. The van der Waals surface area contributed by atoms with Crippen molar-refractivity contribution < 1.29 is 0 Å². The molecule has 120 valence electrons. The van der Waals surface area contributed by atoms with E-state index in [-0.39, 0.29) is 0 Å². The highest BCUT2D eigenvalue weighted by Crippen LogP contribution is 2.34. The average Bonchev–Trinajstić information content (AvgIpc) is 2.58. The van der Waals surface area contributed by atoms with Crippen LogP contribution in [0.15, 0.2) is 66.3 Å². The van der Waals surface area contributed by atoms with Gasteiger partial charge in [0.2, 0.25) is 0 Å². The number of rotatable bonds is 5. The van der Waals surface area contributed by atoms with E-state index in [1.807, 2.05) is 0 Å². The molecule has 2 aromatic carbocycles. The van der Waals surface area contributed by atoms with Gasteiger partial charge in [-0.05, 0) is 66.2 Å². The van der Waals surface area contributed by atoms with Crippen molar-refractivity contribution in [2.45, 2.75) is 47.0 Å². The minimum Gasteiger partial charge on any atom is -0.0911 e. The largest absolute Gasteiger partial charge is 0.0911 e. The molecule has 0 radical (unpaired) electrons. The topological polar surface area (TPSA) is 0 Å². The van der Waals surface area contributed by atoms with Crippen LogP contribution in [0.5, 0.6) is 0 Å². The van der Waals surface area contributed by atoms with Crippen molar-refractivity contribution in [3.63, 3.8) is 0 Å². The average molecular weight is 304 g/mol. The molecule has 0 N–H and O–H groups in total. The molecule has 0 amide bonds. The van der Waals surface area contributed by atoms with E-state index in [0.29, 0.717) is 5.92 Å². The second-order valence-electron chi connectivity index (χ2n) is 6.38. The first-order chi connectivity index (χ1) is 11.0. The molecule has 0 fully saturated rings. The van der Waals surface area contributed by atoms with E-state index in [4.69, 9.17) is 0 Å². The summed E-state index contributed by atoms with van der Waals surface area (Å²) >= 11 is 0. The van der Waals surface area contributed by atoms with Gasteiger partial charge in [0.1, 0.15) is 0 Å². The van der Waals surface area contributed by atoms with Gasteiger partial charge in [0.15, 0.2) is 0 Å². The van der Waals surface area contributed by atoms with Gasteiger partial charge in [-0.3, -0.25) is 0 Å². The summed E-state index contributed by atoms with van der Waals surface area (Å²) in [6, 6.07) is 13.1. The zero-order valence-corrected chi connectivity index (χ0v) is 15.1. The molecular formula is C23H28. The normalized spacial score (nSPS) is 14.1. The summed E-state index contributed by atoms with van der Waals surface area (Å²) in [6.45, 7) is 15.3. The monoisotopic (exact) mass is 304 g/mol. The minimum absolute atomic E-state index is 0.530. The lowest BCUT2D eigenvalue weighted by molar-refractivity contribution is 0.733. The number of fused-ring (bicyclic) bond motifs is 1. The molecule has 0 heterocycles. The van der Waals surface area contributed by atoms with E-state index in [9.17, 15) is 0 Å². The Hall–Kier alpha value is -2.08. The summed E-state index contributed by atoms with van der Waals surface area (Å²) in [4.78, 5) is 0. The van der Waals surface area contributed by atoms with Crippen molar-refractivity contribution in [1.29, 1.82) is 0 Å². The minimum atomic E-state index is 0.530. The van der Waals surface area contributed by atoms with E-state index >= 15 is 0 Å². The molecule has 0 heteroatoms. The fourth-order valence-electron chi connectivity index (χ4n) is 2.95. The van der Waals surface area contributed by atoms with Crippen LogP contribution in [0, 0.1) is 0 Å². The van der Waals surface area contributed by atoms with Crippen molar-refractivity contribution in [2.24, 2.45) is 0 Å². The molecule has 0 aliphatic carbocycles. The number of hydrogen-bond acceptors (Lipinski definition) is 0. The Bertz CT molecular complexity index is 772. The molecule has 0 bridgehead atoms. The molecule has 0 saturated carbocycles. The second-order valence-corrected chi connectivity index (χ2v) is 6.38. The van der Waals surface area contributed by atoms with Crippen molar-refractivity contribution in [3.05, 3.63) is 77.4 Å². The van der Waals surface area contributed by atoms with Gasteiger partial charge in [0.25, 0.3) is 0 Å². The second kappa shape index (κ2) is 7.46. The highest BCUT2D eigenvalue weighted by molar-refractivity contribution is 5.97. The lowest BCUT2D eigenvalue weighted by atomic mass is 9.86. The first-order valence-electron chi connectivity index (χ1n) is 8.52. The molecule has 2 aromatic rings. The standard InChI is InChI=1S/C23H28/c1-7-16(3)18(5)15-19(6)23-21(17(4)8-2)14-13-20-11-9-10-12-22(20)23/h7,9-15,17H,6,8H2,1-5H3/b16-7-,18-15-. The molecule has 0 aliphatic rings. The summed E-state index contributed by atoms with van der Waals surface area (Å²) in [5.41, 5.74) is 6.40. The van der Waals surface area contributed by atoms with E-state index in [2.05, 4.69) is 89.7 Å². The Kier molecular flexibility index (Phi) is 5.60. The van der Waals surface area contributed by atoms with Gasteiger partial charge < -0.3 is 0 Å². The van der Waals surface area contributed by atoms with Crippen LogP contribution in [0.25, 0.3) is 16.3 Å². The highest BCUT2D eigenvalue weighted by Gasteiger charge is 2.14. The number of hydrogen-bond donors (Lipinski definition) is 0. The van der Waals surface area contributed by atoms with Gasteiger partial charge in [-0.1, -0.05) is 74.5 Å². The summed E-state index contributed by atoms with van der Waals surface area (Å²) in [5, 5.41) is 2.59. The fourth-order valence-corrected chi connectivity index (χ4v) is 2.95. The molecule has 2 rings (SSSR count). The van der Waals surface area contributed by atoms with E-state index in [0.717, 1.165) is 12.0 Å². The highest BCUT2D eigenvalue weighted by atomic mass is 14.2.